The van der Waals surface area contributed by atoms with Crippen molar-refractivity contribution in [2.24, 2.45) is 0 Å². The van der Waals surface area contributed by atoms with Crippen molar-refractivity contribution >= 4 is 59.3 Å². The highest BCUT2D eigenvalue weighted by Crippen LogP contribution is 2.56. The molecule has 0 unspecified atom stereocenters. The third-order valence-electron chi connectivity index (χ3n) is 11.6. The predicted molar refractivity (Wildman–Crippen MR) is 234 cm³/mol. The quantitative estimate of drug-likeness (QED) is 0.166. The first kappa shape index (κ1) is 31.8. The van der Waals surface area contributed by atoms with Crippen molar-refractivity contribution in [3.8, 4) is 22.3 Å². The Bertz CT molecular complexity index is 2970. The van der Waals surface area contributed by atoms with Crippen LogP contribution in [0.5, 0.6) is 0 Å². The van der Waals surface area contributed by atoms with E-state index >= 15 is 0 Å². The van der Waals surface area contributed by atoms with Gasteiger partial charge in [0.15, 0.2) is 0 Å². The second-order valence-corrected chi connectivity index (χ2v) is 15.5. The lowest BCUT2D eigenvalue weighted by Crippen LogP contribution is -2.28. The van der Waals surface area contributed by atoms with Crippen LogP contribution in [0.2, 0.25) is 0 Å². The van der Waals surface area contributed by atoms with Crippen LogP contribution in [0.4, 0.5) is 17.1 Å². The molecule has 0 radical (unpaired) electrons. The highest BCUT2D eigenvalue weighted by molar-refractivity contribution is 7.26. The molecule has 258 valence electrons. The molecule has 1 nitrogen and oxygen atoms in total. The molecule has 1 heterocycles. The van der Waals surface area contributed by atoms with Crippen molar-refractivity contribution in [3.63, 3.8) is 0 Å². The summed E-state index contributed by atoms with van der Waals surface area (Å²) in [4.78, 5) is 2.45. The Hall–Kier alpha value is -6.74. The van der Waals surface area contributed by atoms with Crippen LogP contribution in [0.3, 0.4) is 0 Å². The minimum Gasteiger partial charge on any atom is -0.309 e. The van der Waals surface area contributed by atoms with E-state index in [0.717, 1.165) is 11.4 Å². The average Bonchev–Trinajstić information content (AvgIpc) is 3.80. The summed E-state index contributed by atoms with van der Waals surface area (Å²) >= 11 is 1.88. The van der Waals surface area contributed by atoms with E-state index in [0.29, 0.717) is 0 Å². The fourth-order valence-electron chi connectivity index (χ4n) is 9.16. The van der Waals surface area contributed by atoms with Crippen LogP contribution in [0.1, 0.15) is 22.3 Å². The molecular weight excluding hydrogens is 683 g/mol. The monoisotopic (exact) mass is 717 g/mol. The number of rotatable bonds is 6. The van der Waals surface area contributed by atoms with Crippen LogP contribution in [-0.2, 0) is 5.41 Å². The molecule has 0 fully saturated rings. The van der Waals surface area contributed by atoms with Crippen molar-refractivity contribution in [2.45, 2.75) is 5.41 Å². The fourth-order valence-corrected chi connectivity index (χ4v) is 10.4. The summed E-state index contributed by atoms with van der Waals surface area (Å²) in [5.41, 5.74) is 13.2. The molecule has 0 N–H and O–H groups in total. The first-order valence-electron chi connectivity index (χ1n) is 18.9. The average molecular weight is 718 g/mol. The molecule has 0 aliphatic heterocycles. The molecule has 1 aliphatic carbocycles. The molecule has 0 bridgehead atoms. The standard InChI is InChI=1S/C53H35NS/c1-3-14-36(15-4-1)37-26-31-41(32-27-37)54(49-25-13-22-46-51-43-19-8-7-16-38(43)28-35-50(51)55-52(46)49)42-33-29-40(30-34-42)53(39-17-5-2-6-18-39)47-23-11-9-20-44(47)45-21-10-12-24-48(45)53/h1-35H. The lowest BCUT2D eigenvalue weighted by atomic mass is 9.68. The topological polar surface area (TPSA) is 3.24 Å². The smallest absolute Gasteiger partial charge is 0.0713 e. The van der Waals surface area contributed by atoms with Crippen molar-refractivity contribution in [3.05, 3.63) is 235 Å². The van der Waals surface area contributed by atoms with Gasteiger partial charge in [0.1, 0.15) is 0 Å². The molecule has 11 rings (SSSR count). The summed E-state index contributed by atoms with van der Waals surface area (Å²) < 4.78 is 2.59. The number of hydrogen-bond donors (Lipinski definition) is 0. The van der Waals surface area contributed by atoms with Crippen LogP contribution < -0.4 is 4.90 Å². The summed E-state index contributed by atoms with van der Waals surface area (Å²) in [6.45, 7) is 0. The number of thiophene rings is 1. The summed E-state index contributed by atoms with van der Waals surface area (Å²) in [6.07, 6.45) is 0. The van der Waals surface area contributed by atoms with E-state index in [9.17, 15) is 0 Å². The van der Waals surface area contributed by atoms with E-state index in [1.807, 2.05) is 11.3 Å². The van der Waals surface area contributed by atoms with Crippen LogP contribution >= 0.6 is 11.3 Å². The normalized spacial score (nSPS) is 12.9. The van der Waals surface area contributed by atoms with Gasteiger partial charge in [-0.15, -0.1) is 11.3 Å². The van der Waals surface area contributed by atoms with Gasteiger partial charge in [-0.05, 0) is 91.7 Å². The maximum atomic E-state index is 2.45. The molecule has 0 spiro atoms. The second-order valence-electron chi connectivity index (χ2n) is 14.4. The Morgan fingerprint density at radius 1 is 0.382 bits per heavy atom. The highest BCUT2D eigenvalue weighted by Gasteiger charge is 2.45. The molecule has 1 aliphatic rings. The Labute approximate surface area is 325 Å². The van der Waals surface area contributed by atoms with E-state index in [1.165, 1.54) is 81.1 Å². The van der Waals surface area contributed by atoms with Crippen molar-refractivity contribution in [1.29, 1.82) is 0 Å². The van der Waals surface area contributed by atoms with Gasteiger partial charge in [0.25, 0.3) is 0 Å². The van der Waals surface area contributed by atoms with Crippen molar-refractivity contribution in [1.82, 2.24) is 0 Å². The Morgan fingerprint density at radius 3 is 1.64 bits per heavy atom. The largest absolute Gasteiger partial charge is 0.309 e. The van der Waals surface area contributed by atoms with Crippen molar-refractivity contribution in [2.75, 3.05) is 4.90 Å². The summed E-state index contributed by atoms with van der Waals surface area (Å²) in [6, 6.07) is 78.1. The lowest BCUT2D eigenvalue weighted by Gasteiger charge is -2.34. The summed E-state index contributed by atoms with van der Waals surface area (Å²) in [5.74, 6) is 0. The van der Waals surface area contributed by atoms with E-state index in [1.54, 1.807) is 0 Å². The van der Waals surface area contributed by atoms with Gasteiger partial charge in [-0.1, -0.05) is 176 Å². The molecular formula is C53H35NS. The minimum absolute atomic E-state index is 0.443. The van der Waals surface area contributed by atoms with Gasteiger partial charge in [0.05, 0.1) is 15.8 Å². The van der Waals surface area contributed by atoms with E-state index in [2.05, 4.69) is 217 Å². The molecule has 2 heteroatoms. The van der Waals surface area contributed by atoms with Crippen LogP contribution in [-0.4, -0.2) is 0 Å². The molecule has 0 amide bonds. The number of fused-ring (bicyclic) bond motifs is 8. The zero-order valence-electron chi connectivity index (χ0n) is 30.1. The van der Waals surface area contributed by atoms with Crippen LogP contribution in [0.25, 0.3) is 53.2 Å². The molecule has 10 aromatic rings. The van der Waals surface area contributed by atoms with Gasteiger partial charge in [-0.25, -0.2) is 0 Å². The zero-order valence-corrected chi connectivity index (χ0v) is 30.9. The maximum Gasteiger partial charge on any atom is 0.0713 e. The Kier molecular flexibility index (Phi) is 7.33. The third kappa shape index (κ3) is 4.85. The van der Waals surface area contributed by atoms with Gasteiger partial charge in [-0.2, -0.15) is 0 Å². The zero-order chi connectivity index (χ0) is 36.3. The third-order valence-corrected chi connectivity index (χ3v) is 12.8. The molecule has 0 saturated heterocycles. The fraction of sp³-hybridized carbons (Fsp3) is 0.0189. The van der Waals surface area contributed by atoms with Gasteiger partial charge >= 0.3 is 0 Å². The van der Waals surface area contributed by atoms with E-state index in [-0.39, 0.29) is 0 Å². The number of nitrogens with zero attached hydrogens (tertiary/aromatic N) is 1. The molecule has 55 heavy (non-hydrogen) atoms. The van der Waals surface area contributed by atoms with E-state index in [4.69, 9.17) is 0 Å². The SMILES string of the molecule is c1ccc(-c2ccc(N(c3ccc(C4(c5ccccc5)c5ccccc5-c5ccccc54)cc3)c3cccc4c3sc3ccc5ccccc5c34)cc2)cc1. The number of benzene rings is 9. The summed E-state index contributed by atoms with van der Waals surface area (Å²) in [7, 11) is 0. The minimum atomic E-state index is -0.443. The van der Waals surface area contributed by atoms with Gasteiger partial charge < -0.3 is 4.90 Å². The molecule has 1 aromatic heterocycles. The van der Waals surface area contributed by atoms with Crippen LogP contribution in [0, 0.1) is 0 Å². The first-order chi connectivity index (χ1) is 27.3. The molecule has 0 saturated carbocycles. The maximum absolute atomic E-state index is 2.45. The van der Waals surface area contributed by atoms with Crippen LogP contribution in [0.15, 0.2) is 212 Å². The second kappa shape index (κ2) is 12.7. The molecule has 0 atom stereocenters. The highest BCUT2D eigenvalue weighted by atomic mass is 32.1. The Balaban J connectivity index is 1.12. The molecule has 9 aromatic carbocycles. The Morgan fingerprint density at radius 2 is 0.927 bits per heavy atom. The van der Waals surface area contributed by atoms with Crippen molar-refractivity contribution < 1.29 is 0 Å². The lowest BCUT2D eigenvalue weighted by molar-refractivity contribution is 0.768. The van der Waals surface area contributed by atoms with Gasteiger partial charge in [0, 0.05) is 26.8 Å². The van der Waals surface area contributed by atoms with E-state index < -0.39 is 5.41 Å². The van der Waals surface area contributed by atoms with Gasteiger partial charge in [0.2, 0.25) is 0 Å². The number of anilines is 3. The van der Waals surface area contributed by atoms with Gasteiger partial charge in [-0.3, -0.25) is 0 Å². The predicted octanol–water partition coefficient (Wildman–Crippen LogP) is 14.7. The first-order valence-corrected chi connectivity index (χ1v) is 19.7. The summed E-state index contributed by atoms with van der Waals surface area (Å²) in [5, 5.41) is 5.19. The number of hydrogen-bond acceptors (Lipinski definition) is 2.